The maximum Gasteiger partial charge on any atom is 0.343 e. The molecule has 1 amide bonds. The van der Waals surface area contributed by atoms with Crippen LogP contribution in [0.1, 0.15) is 38.3 Å². The Morgan fingerprint density at radius 1 is 1.07 bits per heavy atom. The minimum Gasteiger partial charge on any atom is -0.493 e. The maximum absolute atomic E-state index is 12.5. The molecule has 0 bridgehead atoms. The van der Waals surface area contributed by atoms with Crippen molar-refractivity contribution in [3.63, 3.8) is 0 Å². The highest BCUT2D eigenvalue weighted by Crippen LogP contribution is 2.33. The van der Waals surface area contributed by atoms with Gasteiger partial charge in [-0.1, -0.05) is 6.07 Å². The van der Waals surface area contributed by atoms with E-state index in [-0.39, 0.29) is 22.6 Å². The fourth-order valence-electron chi connectivity index (χ4n) is 3.30. The molecule has 146 valence electrons. The van der Waals surface area contributed by atoms with Gasteiger partial charge in [0.15, 0.2) is 24.4 Å². The lowest BCUT2D eigenvalue weighted by Gasteiger charge is -2.14. The van der Waals surface area contributed by atoms with E-state index >= 15 is 0 Å². The first-order valence-electron chi connectivity index (χ1n) is 8.86. The first-order chi connectivity index (χ1) is 13.6. The average Bonchev–Trinajstić information content (AvgIpc) is 3.18. The molecule has 7 nitrogen and oxygen atoms in total. The number of anilines is 1. The monoisotopic (exact) mass is 383 g/mol. The van der Waals surface area contributed by atoms with Gasteiger partial charge in [-0.2, -0.15) is 0 Å². The van der Waals surface area contributed by atoms with Gasteiger partial charge in [0.1, 0.15) is 5.56 Å². The number of rotatable bonds is 7. The fourth-order valence-corrected chi connectivity index (χ4v) is 3.30. The van der Waals surface area contributed by atoms with Gasteiger partial charge in [-0.15, -0.1) is 0 Å². The Morgan fingerprint density at radius 3 is 2.57 bits per heavy atom. The topological polar surface area (TPSA) is 90.9 Å². The summed E-state index contributed by atoms with van der Waals surface area (Å²) >= 11 is 0. The molecule has 0 aliphatic heterocycles. The van der Waals surface area contributed by atoms with Gasteiger partial charge in [-0.05, 0) is 54.7 Å². The first-order valence-corrected chi connectivity index (χ1v) is 8.86. The van der Waals surface area contributed by atoms with Crippen LogP contribution in [0.4, 0.5) is 5.69 Å². The molecule has 0 heterocycles. The van der Waals surface area contributed by atoms with Crippen molar-refractivity contribution in [2.24, 2.45) is 0 Å². The van der Waals surface area contributed by atoms with Gasteiger partial charge < -0.3 is 19.5 Å². The summed E-state index contributed by atoms with van der Waals surface area (Å²) < 4.78 is 15.4. The Balaban J connectivity index is 1.68. The number of hydrogen-bond acceptors (Lipinski definition) is 6. The second kappa shape index (κ2) is 8.56. The van der Waals surface area contributed by atoms with Crippen LogP contribution in [0.3, 0.4) is 0 Å². The van der Waals surface area contributed by atoms with Crippen molar-refractivity contribution in [2.75, 3.05) is 26.1 Å². The number of ether oxygens (including phenoxy) is 3. The highest BCUT2D eigenvalue weighted by Gasteiger charge is 2.23. The number of methoxy groups -OCH3 is 2. The standard InChI is InChI=1S/C21H21NO6/c1-26-17-9-7-15(11-23)19(20(17)27-2)21(25)28-12-18(24)22-16-8-6-13-4-3-5-14(13)10-16/h6-11H,3-5,12H2,1-2H3,(H,22,24). The fraction of sp³-hybridized carbons (Fsp3) is 0.286. The zero-order valence-electron chi connectivity index (χ0n) is 15.7. The molecule has 0 spiro atoms. The van der Waals surface area contributed by atoms with Gasteiger partial charge in [0.05, 0.1) is 14.2 Å². The summed E-state index contributed by atoms with van der Waals surface area (Å²) in [4.78, 5) is 35.9. The molecular weight excluding hydrogens is 362 g/mol. The third-order valence-electron chi connectivity index (χ3n) is 4.63. The molecular formula is C21H21NO6. The molecule has 2 aromatic rings. The second-order valence-corrected chi connectivity index (χ2v) is 6.34. The van der Waals surface area contributed by atoms with Crippen LogP contribution < -0.4 is 14.8 Å². The van der Waals surface area contributed by atoms with Crippen molar-refractivity contribution in [1.82, 2.24) is 0 Å². The van der Waals surface area contributed by atoms with E-state index in [4.69, 9.17) is 14.2 Å². The summed E-state index contributed by atoms with van der Waals surface area (Å²) in [6.45, 7) is -0.491. The molecule has 0 atom stereocenters. The molecule has 0 fully saturated rings. The van der Waals surface area contributed by atoms with Gasteiger partial charge in [-0.25, -0.2) is 4.79 Å². The average molecular weight is 383 g/mol. The predicted octanol–water partition coefficient (Wildman–Crippen LogP) is 2.80. The number of amides is 1. The molecule has 1 N–H and O–H groups in total. The van der Waals surface area contributed by atoms with Gasteiger partial charge in [0.2, 0.25) is 0 Å². The highest BCUT2D eigenvalue weighted by molar-refractivity contribution is 6.03. The van der Waals surface area contributed by atoms with Crippen LogP contribution in [0, 0.1) is 0 Å². The van der Waals surface area contributed by atoms with Gasteiger partial charge in [0.25, 0.3) is 5.91 Å². The van der Waals surface area contributed by atoms with E-state index in [0.717, 1.165) is 19.3 Å². The Bertz CT molecular complexity index is 921. The number of nitrogens with one attached hydrogen (secondary N) is 1. The van der Waals surface area contributed by atoms with Crippen LogP contribution in [-0.2, 0) is 22.4 Å². The van der Waals surface area contributed by atoms with Crippen molar-refractivity contribution < 1.29 is 28.6 Å². The van der Waals surface area contributed by atoms with Gasteiger partial charge in [-0.3, -0.25) is 9.59 Å². The Kier molecular flexibility index (Phi) is 5.93. The van der Waals surface area contributed by atoms with Crippen molar-refractivity contribution in [2.45, 2.75) is 19.3 Å². The van der Waals surface area contributed by atoms with Crippen LogP contribution in [0.5, 0.6) is 11.5 Å². The number of benzene rings is 2. The number of fused-ring (bicyclic) bond motifs is 1. The first kappa shape index (κ1) is 19.4. The van der Waals surface area contributed by atoms with Gasteiger partial charge >= 0.3 is 5.97 Å². The van der Waals surface area contributed by atoms with Crippen molar-refractivity contribution in [3.05, 3.63) is 52.6 Å². The molecule has 1 aliphatic carbocycles. The normalized spacial score (nSPS) is 12.1. The van der Waals surface area contributed by atoms with E-state index in [2.05, 4.69) is 5.32 Å². The Morgan fingerprint density at radius 2 is 1.86 bits per heavy atom. The quantitative estimate of drug-likeness (QED) is 0.584. The number of esters is 1. The highest BCUT2D eigenvalue weighted by atomic mass is 16.5. The summed E-state index contributed by atoms with van der Waals surface area (Å²) in [7, 11) is 2.77. The number of aldehydes is 1. The maximum atomic E-state index is 12.5. The van der Waals surface area contributed by atoms with E-state index in [0.29, 0.717) is 12.0 Å². The number of hydrogen-bond donors (Lipinski definition) is 1. The molecule has 0 radical (unpaired) electrons. The van der Waals surface area contributed by atoms with Crippen molar-refractivity contribution in [3.8, 4) is 11.5 Å². The van der Waals surface area contributed by atoms with Crippen molar-refractivity contribution in [1.29, 1.82) is 0 Å². The lowest BCUT2D eigenvalue weighted by molar-refractivity contribution is -0.119. The minimum atomic E-state index is -0.845. The molecule has 0 saturated carbocycles. The summed E-state index contributed by atoms with van der Waals surface area (Å²) in [6, 6.07) is 8.72. The third kappa shape index (κ3) is 3.98. The molecule has 2 aromatic carbocycles. The van der Waals surface area contributed by atoms with Crippen molar-refractivity contribution >= 4 is 23.9 Å². The lowest BCUT2D eigenvalue weighted by atomic mass is 10.1. The predicted molar refractivity (Wildman–Crippen MR) is 102 cm³/mol. The molecule has 0 unspecified atom stereocenters. The Hall–Kier alpha value is -3.35. The smallest absolute Gasteiger partial charge is 0.343 e. The van der Waals surface area contributed by atoms with Crippen LogP contribution >= 0.6 is 0 Å². The van der Waals surface area contributed by atoms with Crippen LogP contribution in [0.2, 0.25) is 0 Å². The number of aryl methyl sites for hydroxylation is 2. The molecule has 7 heteroatoms. The van der Waals surface area contributed by atoms with Gasteiger partial charge in [0, 0.05) is 11.3 Å². The summed E-state index contributed by atoms with van der Waals surface area (Å²) in [5.74, 6) is -0.957. The largest absolute Gasteiger partial charge is 0.493 e. The second-order valence-electron chi connectivity index (χ2n) is 6.34. The molecule has 0 saturated heterocycles. The summed E-state index contributed by atoms with van der Waals surface area (Å²) in [5, 5.41) is 2.72. The molecule has 1 aliphatic rings. The molecule has 3 rings (SSSR count). The zero-order valence-corrected chi connectivity index (χ0v) is 15.7. The van der Waals surface area contributed by atoms with Crippen LogP contribution in [0.25, 0.3) is 0 Å². The third-order valence-corrected chi connectivity index (χ3v) is 4.63. The van der Waals surface area contributed by atoms with Crippen LogP contribution in [-0.4, -0.2) is 39.0 Å². The van der Waals surface area contributed by atoms with E-state index < -0.39 is 18.5 Å². The van der Waals surface area contributed by atoms with E-state index in [1.165, 1.54) is 37.5 Å². The lowest BCUT2D eigenvalue weighted by Crippen LogP contribution is -2.22. The summed E-state index contributed by atoms with van der Waals surface area (Å²) in [5.41, 5.74) is 3.19. The SMILES string of the molecule is COc1ccc(C=O)c(C(=O)OCC(=O)Nc2ccc3c(c2)CCC3)c1OC. The number of carbonyl (C=O) groups is 3. The van der Waals surface area contributed by atoms with Crippen LogP contribution in [0.15, 0.2) is 30.3 Å². The zero-order chi connectivity index (χ0) is 20.1. The van der Waals surface area contributed by atoms with E-state index in [9.17, 15) is 14.4 Å². The molecule has 28 heavy (non-hydrogen) atoms. The van der Waals surface area contributed by atoms with E-state index in [1.807, 2.05) is 18.2 Å². The molecule has 0 aromatic heterocycles. The Labute approximate surface area is 162 Å². The number of carbonyl (C=O) groups excluding carboxylic acids is 3. The minimum absolute atomic E-state index is 0.0798. The van der Waals surface area contributed by atoms with E-state index in [1.54, 1.807) is 0 Å². The summed E-state index contributed by atoms with van der Waals surface area (Å²) in [6.07, 6.45) is 3.69.